The van der Waals surface area contributed by atoms with Crippen LogP contribution >= 0.6 is 0 Å². The number of nitrogens with one attached hydrogen (secondary N) is 1. The van der Waals surface area contributed by atoms with Crippen LogP contribution in [-0.4, -0.2) is 12.6 Å². The SMILES string of the molecule is C1CCCC(C2(CNC3CC3)CCC2)CC1. The Morgan fingerprint density at radius 2 is 1.50 bits per heavy atom. The predicted octanol–water partition coefficient (Wildman–Crippen LogP) is 3.88. The molecular formula is C15H27N. The Balaban J connectivity index is 1.57. The van der Waals surface area contributed by atoms with E-state index in [1.807, 2.05) is 0 Å². The van der Waals surface area contributed by atoms with Crippen molar-refractivity contribution < 1.29 is 0 Å². The third kappa shape index (κ3) is 2.30. The largest absolute Gasteiger partial charge is 0.313 e. The summed E-state index contributed by atoms with van der Waals surface area (Å²) in [6.07, 6.45) is 16.5. The van der Waals surface area contributed by atoms with Crippen LogP contribution in [0.2, 0.25) is 0 Å². The quantitative estimate of drug-likeness (QED) is 0.710. The van der Waals surface area contributed by atoms with Gasteiger partial charge < -0.3 is 5.32 Å². The summed E-state index contributed by atoms with van der Waals surface area (Å²) < 4.78 is 0. The number of hydrogen-bond donors (Lipinski definition) is 1. The molecule has 0 aromatic heterocycles. The molecule has 1 nitrogen and oxygen atoms in total. The maximum absolute atomic E-state index is 3.82. The minimum Gasteiger partial charge on any atom is -0.313 e. The van der Waals surface area contributed by atoms with E-state index in [4.69, 9.17) is 0 Å². The lowest BCUT2D eigenvalue weighted by Gasteiger charge is -2.48. The van der Waals surface area contributed by atoms with Gasteiger partial charge in [0.25, 0.3) is 0 Å². The zero-order chi connectivity index (χ0) is 10.8. The normalized spacial score (nSPS) is 30.8. The van der Waals surface area contributed by atoms with Gasteiger partial charge in [-0.3, -0.25) is 0 Å². The lowest BCUT2D eigenvalue weighted by molar-refractivity contribution is 0.0385. The second-order valence-corrected chi connectivity index (χ2v) is 6.56. The monoisotopic (exact) mass is 221 g/mol. The average Bonchev–Trinajstić information content (AvgIpc) is 3.02. The van der Waals surface area contributed by atoms with Crippen LogP contribution in [-0.2, 0) is 0 Å². The maximum Gasteiger partial charge on any atom is 0.00684 e. The summed E-state index contributed by atoms with van der Waals surface area (Å²) in [4.78, 5) is 0. The molecule has 3 aliphatic carbocycles. The molecule has 3 fully saturated rings. The van der Waals surface area contributed by atoms with E-state index in [2.05, 4.69) is 5.32 Å². The smallest absolute Gasteiger partial charge is 0.00684 e. The lowest BCUT2D eigenvalue weighted by Crippen LogP contribution is -2.46. The minimum absolute atomic E-state index is 0.743. The van der Waals surface area contributed by atoms with Crippen molar-refractivity contribution in [1.29, 1.82) is 0 Å². The third-order valence-electron chi connectivity index (χ3n) is 5.39. The summed E-state index contributed by atoms with van der Waals surface area (Å²) in [7, 11) is 0. The van der Waals surface area contributed by atoms with Gasteiger partial charge >= 0.3 is 0 Å². The highest BCUT2D eigenvalue weighted by Crippen LogP contribution is 2.51. The summed E-state index contributed by atoms with van der Waals surface area (Å²) in [6.45, 7) is 1.35. The van der Waals surface area contributed by atoms with Crippen molar-refractivity contribution in [3.8, 4) is 0 Å². The van der Waals surface area contributed by atoms with Gasteiger partial charge in [-0.05, 0) is 49.9 Å². The van der Waals surface area contributed by atoms with Crippen molar-refractivity contribution in [2.75, 3.05) is 6.54 Å². The highest BCUT2D eigenvalue weighted by molar-refractivity contribution is 4.97. The molecule has 0 unspecified atom stereocenters. The Kier molecular flexibility index (Phi) is 3.24. The summed E-state index contributed by atoms with van der Waals surface area (Å²) >= 11 is 0. The maximum atomic E-state index is 3.82. The van der Waals surface area contributed by atoms with Gasteiger partial charge in [0.1, 0.15) is 0 Å². The first kappa shape index (κ1) is 11.1. The molecule has 1 N–H and O–H groups in total. The highest BCUT2D eigenvalue weighted by atomic mass is 15.0. The highest BCUT2D eigenvalue weighted by Gasteiger charge is 2.43. The topological polar surface area (TPSA) is 12.0 Å². The molecule has 0 saturated heterocycles. The van der Waals surface area contributed by atoms with Crippen LogP contribution in [0, 0.1) is 11.3 Å². The zero-order valence-corrected chi connectivity index (χ0v) is 10.6. The van der Waals surface area contributed by atoms with E-state index in [0.29, 0.717) is 0 Å². The van der Waals surface area contributed by atoms with Gasteiger partial charge in [-0.25, -0.2) is 0 Å². The van der Waals surface area contributed by atoms with Crippen LogP contribution in [0.1, 0.15) is 70.6 Å². The van der Waals surface area contributed by atoms with E-state index in [-0.39, 0.29) is 0 Å². The zero-order valence-electron chi connectivity index (χ0n) is 10.6. The van der Waals surface area contributed by atoms with Gasteiger partial charge in [0, 0.05) is 12.6 Å². The molecule has 3 saturated carbocycles. The number of rotatable bonds is 4. The molecule has 0 aromatic carbocycles. The van der Waals surface area contributed by atoms with Crippen molar-refractivity contribution in [3.05, 3.63) is 0 Å². The molecule has 92 valence electrons. The molecule has 0 spiro atoms. The molecular weight excluding hydrogens is 194 g/mol. The first-order valence-electron chi connectivity index (χ1n) is 7.62. The molecule has 3 rings (SSSR count). The summed E-state index contributed by atoms with van der Waals surface area (Å²) in [6, 6.07) is 0.906. The van der Waals surface area contributed by atoms with E-state index in [1.165, 1.54) is 77.2 Å². The van der Waals surface area contributed by atoms with E-state index < -0.39 is 0 Å². The van der Waals surface area contributed by atoms with Crippen molar-refractivity contribution in [1.82, 2.24) is 5.32 Å². The Bertz CT molecular complexity index is 220. The summed E-state index contributed by atoms with van der Waals surface area (Å²) in [5, 5.41) is 3.82. The third-order valence-corrected chi connectivity index (χ3v) is 5.39. The van der Waals surface area contributed by atoms with Crippen molar-refractivity contribution in [2.24, 2.45) is 11.3 Å². The second-order valence-electron chi connectivity index (χ2n) is 6.56. The van der Waals surface area contributed by atoms with Gasteiger partial charge in [0.15, 0.2) is 0 Å². The molecule has 3 aliphatic rings. The van der Waals surface area contributed by atoms with Crippen LogP contribution in [0.25, 0.3) is 0 Å². The lowest BCUT2D eigenvalue weighted by atomic mass is 9.59. The van der Waals surface area contributed by atoms with Gasteiger partial charge in [0.05, 0.1) is 0 Å². The first-order valence-corrected chi connectivity index (χ1v) is 7.62. The summed E-state index contributed by atoms with van der Waals surface area (Å²) in [5.74, 6) is 1.06. The van der Waals surface area contributed by atoms with Crippen molar-refractivity contribution in [3.63, 3.8) is 0 Å². The Hall–Kier alpha value is -0.0400. The standard InChI is InChI=1S/C15H27N/c1-2-4-7-13(6-3-1)15(10-5-11-15)12-16-14-8-9-14/h13-14,16H,1-12H2. The van der Waals surface area contributed by atoms with E-state index in [9.17, 15) is 0 Å². The molecule has 16 heavy (non-hydrogen) atoms. The van der Waals surface area contributed by atoms with Crippen LogP contribution in [0.4, 0.5) is 0 Å². The van der Waals surface area contributed by atoms with Crippen LogP contribution < -0.4 is 5.32 Å². The molecule has 0 aromatic rings. The molecule has 0 radical (unpaired) electrons. The van der Waals surface area contributed by atoms with Gasteiger partial charge in [-0.1, -0.05) is 32.1 Å². The Morgan fingerprint density at radius 1 is 0.812 bits per heavy atom. The van der Waals surface area contributed by atoms with E-state index in [0.717, 1.165) is 17.4 Å². The fourth-order valence-corrected chi connectivity index (χ4v) is 3.89. The van der Waals surface area contributed by atoms with Gasteiger partial charge in [-0.2, -0.15) is 0 Å². The first-order chi connectivity index (χ1) is 7.89. The van der Waals surface area contributed by atoms with Crippen LogP contribution in [0.3, 0.4) is 0 Å². The minimum atomic E-state index is 0.743. The number of hydrogen-bond acceptors (Lipinski definition) is 1. The fourth-order valence-electron chi connectivity index (χ4n) is 3.89. The molecule has 0 atom stereocenters. The van der Waals surface area contributed by atoms with Gasteiger partial charge in [-0.15, -0.1) is 0 Å². The van der Waals surface area contributed by atoms with Crippen LogP contribution in [0.5, 0.6) is 0 Å². The molecule has 0 heterocycles. The Morgan fingerprint density at radius 3 is 2.00 bits per heavy atom. The molecule has 0 amide bonds. The second kappa shape index (κ2) is 4.68. The van der Waals surface area contributed by atoms with E-state index in [1.54, 1.807) is 0 Å². The average molecular weight is 221 g/mol. The fraction of sp³-hybridized carbons (Fsp3) is 1.00. The molecule has 0 aliphatic heterocycles. The molecule has 1 heteroatoms. The molecule has 0 bridgehead atoms. The van der Waals surface area contributed by atoms with Crippen molar-refractivity contribution >= 4 is 0 Å². The van der Waals surface area contributed by atoms with Crippen molar-refractivity contribution in [2.45, 2.75) is 76.7 Å². The van der Waals surface area contributed by atoms with Crippen LogP contribution in [0.15, 0.2) is 0 Å². The van der Waals surface area contributed by atoms with Gasteiger partial charge in [0.2, 0.25) is 0 Å². The van der Waals surface area contributed by atoms with E-state index >= 15 is 0 Å². The Labute approximate surface area is 100 Å². The predicted molar refractivity (Wildman–Crippen MR) is 68.5 cm³/mol. The summed E-state index contributed by atoms with van der Waals surface area (Å²) in [5.41, 5.74) is 0.743.